The molecule has 110 valence electrons. The van der Waals surface area contributed by atoms with Gasteiger partial charge < -0.3 is 15.7 Å². The molecule has 1 aliphatic rings. The summed E-state index contributed by atoms with van der Waals surface area (Å²) in [5.74, 6) is 0.632. The third-order valence-electron chi connectivity index (χ3n) is 3.74. The van der Waals surface area contributed by atoms with Crippen molar-refractivity contribution in [1.29, 1.82) is 0 Å². The fraction of sp³-hybridized carbons (Fsp3) is 0.857. The Hall–Kier alpha value is -1.26. The number of hydrogen-bond acceptors (Lipinski definition) is 2. The van der Waals surface area contributed by atoms with E-state index >= 15 is 0 Å². The van der Waals surface area contributed by atoms with Crippen LogP contribution in [0.25, 0.3) is 0 Å². The van der Waals surface area contributed by atoms with Crippen LogP contribution < -0.4 is 10.6 Å². The van der Waals surface area contributed by atoms with Crippen molar-refractivity contribution in [3.63, 3.8) is 0 Å². The minimum Gasteiger partial charge on any atom is -0.481 e. The van der Waals surface area contributed by atoms with E-state index in [1.165, 1.54) is 25.7 Å². The molecule has 3 unspecified atom stereocenters. The van der Waals surface area contributed by atoms with E-state index in [0.29, 0.717) is 6.54 Å². The van der Waals surface area contributed by atoms with Gasteiger partial charge in [-0.25, -0.2) is 4.79 Å². The van der Waals surface area contributed by atoms with E-state index in [0.717, 1.165) is 18.3 Å². The molecule has 19 heavy (non-hydrogen) atoms. The highest BCUT2D eigenvalue weighted by molar-refractivity contribution is 5.75. The lowest BCUT2D eigenvalue weighted by molar-refractivity contribution is -0.137. The summed E-state index contributed by atoms with van der Waals surface area (Å²) >= 11 is 0. The Kier molecular flexibility index (Phi) is 6.67. The lowest BCUT2D eigenvalue weighted by Crippen LogP contribution is -2.42. The Morgan fingerprint density at radius 1 is 1.37 bits per heavy atom. The van der Waals surface area contributed by atoms with Crippen LogP contribution in [0.15, 0.2) is 0 Å². The quantitative estimate of drug-likeness (QED) is 0.693. The molecule has 1 aliphatic carbocycles. The monoisotopic (exact) mass is 270 g/mol. The average Bonchev–Trinajstić information content (AvgIpc) is 2.27. The van der Waals surface area contributed by atoms with Crippen LogP contribution in [0.2, 0.25) is 0 Å². The molecular weight excluding hydrogens is 244 g/mol. The van der Waals surface area contributed by atoms with Crippen molar-refractivity contribution < 1.29 is 14.7 Å². The number of carbonyl (C=O) groups excluding carboxylic acids is 1. The third kappa shape index (κ3) is 7.03. The van der Waals surface area contributed by atoms with E-state index < -0.39 is 5.97 Å². The molecule has 0 aromatic heterocycles. The molecule has 5 nitrogen and oxygen atoms in total. The summed E-state index contributed by atoms with van der Waals surface area (Å²) in [6.45, 7) is 4.65. The maximum Gasteiger partial charge on any atom is 0.315 e. The summed E-state index contributed by atoms with van der Waals surface area (Å²) in [5, 5.41) is 14.0. The zero-order valence-corrected chi connectivity index (χ0v) is 11.9. The second-order valence-electron chi connectivity index (χ2n) is 5.83. The Labute approximate surface area is 115 Å². The third-order valence-corrected chi connectivity index (χ3v) is 3.74. The molecule has 0 bridgehead atoms. The zero-order chi connectivity index (χ0) is 14.3. The predicted octanol–water partition coefficient (Wildman–Crippen LogP) is 2.37. The largest absolute Gasteiger partial charge is 0.481 e. The Bertz CT molecular complexity index is 307. The molecule has 1 fully saturated rings. The Morgan fingerprint density at radius 2 is 2.11 bits per heavy atom. The number of amides is 2. The summed E-state index contributed by atoms with van der Waals surface area (Å²) in [6.07, 6.45) is 6.13. The average molecular weight is 270 g/mol. The molecule has 5 heteroatoms. The van der Waals surface area contributed by atoms with Crippen molar-refractivity contribution in [2.24, 2.45) is 11.8 Å². The summed E-state index contributed by atoms with van der Waals surface area (Å²) in [7, 11) is 0. The number of urea groups is 1. The summed E-state index contributed by atoms with van der Waals surface area (Å²) in [4.78, 5) is 22.0. The smallest absolute Gasteiger partial charge is 0.315 e. The molecule has 3 atom stereocenters. The van der Waals surface area contributed by atoms with Crippen molar-refractivity contribution in [3.8, 4) is 0 Å². The lowest BCUT2D eigenvalue weighted by atomic mass is 9.81. The number of hydrogen-bond donors (Lipinski definition) is 3. The maximum atomic E-state index is 11.5. The fourth-order valence-electron chi connectivity index (χ4n) is 2.80. The van der Waals surface area contributed by atoms with Gasteiger partial charge in [-0.15, -0.1) is 0 Å². The van der Waals surface area contributed by atoms with Crippen LogP contribution in [0.1, 0.15) is 52.4 Å². The van der Waals surface area contributed by atoms with Gasteiger partial charge in [-0.3, -0.25) is 4.79 Å². The highest BCUT2D eigenvalue weighted by Crippen LogP contribution is 2.30. The minimum atomic E-state index is -0.899. The van der Waals surface area contributed by atoms with Crippen molar-refractivity contribution in [2.45, 2.75) is 58.4 Å². The second kappa shape index (κ2) is 8.02. The van der Waals surface area contributed by atoms with Crippen molar-refractivity contribution in [2.75, 3.05) is 6.54 Å². The minimum absolute atomic E-state index is 0.0481. The first kappa shape index (κ1) is 15.8. The Balaban J connectivity index is 2.11. The summed E-state index contributed by atoms with van der Waals surface area (Å²) < 4.78 is 0. The van der Waals surface area contributed by atoms with Gasteiger partial charge in [-0.2, -0.15) is 0 Å². The van der Waals surface area contributed by atoms with Crippen molar-refractivity contribution >= 4 is 12.0 Å². The standard InChI is InChI=1S/C14H26N2O3/c1-10-4-3-5-12(8-10)6-7-15-14(19)16-11(2)9-13(17)18/h10-12H,3-9H2,1-2H3,(H,17,18)(H2,15,16,19). The van der Waals surface area contributed by atoms with Gasteiger partial charge in [0.05, 0.1) is 6.42 Å². The second-order valence-corrected chi connectivity index (χ2v) is 5.83. The van der Waals surface area contributed by atoms with Crippen LogP contribution >= 0.6 is 0 Å². The highest BCUT2D eigenvalue weighted by atomic mass is 16.4. The van der Waals surface area contributed by atoms with Gasteiger partial charge in [0.25, 0.3) is 0 Å². The van der Waals surface area contributed by atoms with E-state index in [9.17, 15) is 9.59 Å². The van der Waals surface area contributed by atoms with Gasteiger partial charge >= 0.3 is 12.0 Å². The van der Waals surface area contributed by atoms with Gasteiger partial charge in [-0.1, -0.05) is 26.2 Å². The number of carboxylic acids is 1. The lowest BCUT2D eigenvalue weighted by Gasteiger charge is -2.26. The van der Waals surface area contributed by atoms with Crippen LogP contribution in [0.4, 0.5) is 4.79 Å². The van der Waals surface area contributed by atoms with Gasteiger partial charge in [0.1, 0.15) is 0 Å². The molecular formula is C14H26N2O3. The molecule has 0 heterocycles. The molecule has 0 aliphatic heterocycles. The molecule has 0 aromatic rings. The SMILES string of the molecule is CC1CCCC(CCNC(=O)NC(C)CC(=O)O)C1. The van der Waals surface area contributed by atoms with Crippen LogP contribution in [-0.4, -0.2) is 29.7 Å². The number of carbonyl (C=O) groups is 2. The van der Waals surface area contributed by atoms with E-state index in [4.69, 9.17) is 5.11 Å². The molecule has 1 rings (SSSR count). The molecule has 0 saturated heterocycles. The van der Waals surface area contributed by atoms with E-state index in [1.54, 1.807) is 6.92 Å². The van der Waals surface area contributed by atoms with Gasteiger partial charge in [0.15, 0.2) is 0 Å². The summed E-state index contributed by atoms with van der Waals surface area (Å²) in [5.41, 5.74) is 0. The number of aliphatic carboxylic acids is 1. The van der Waals surface area contributed by atoms with Crippen molar-refractivity contribution in [3.05, 3.63) is 0 Å². The molecule has 3 N–H and O–H groups in total. The normalized spacial score (nSPS) is 24.5. The topological polar surface area (TPSA) is 78.4 Å². The van der Waals surface area contributed by atoms with Crippen LogP contribution in [-0.2, 0) is 4.79 Å². The van der Waals surface area contributed by atoms with E-state index in [1.807, 2.05) is 0 Å². The molecule has 0 aromatic carbocycles. The first-order chi connectivity index (χ1) is 8.97. The fourth-order valence-corrected chi connectivity index (χ4v) is 2.80. The zero-order valence-electron chi connectivity index (χ0n) is 11.9. The maximum absolute atomic E-state index is 11.5. The number of nitrogens with one attached hydrogen (secondary N) is 2. The van der Waals surface area contributed by atoms with E-state index in [2.05, 4.69) is 17.6 Å². The van der Waals surface area contributed by atoms with E-state index in [-0.39, 0.29) is 18.5 Å². The molecule has 1 saturated carbocycles. The number of carboxylic acid groups (broad SMARTS) is 1. The predicted molar refractivity (Wildman–Crippen MR) is 74.0 cm³/mol. The van der Waals surface area contributed by atoms with Crippen LogP contribution in [0, 0.1) is 11.8 Å². The first-order valence-corrected chi connectivity index (χ1v) is 7.23. The van der Waals surface area contributed by atoms with Gasteiger partial charge in [-0.05, 0) is 31.6 Å². The number of rotatable bonds is 6. The first-order valence-electron chi connectivity index (χ1n) is 7.23. The van der Waals surface area contributed by atoms with Gasteiger partial charge in [0, 0.05) is 12.6 Å². The van der Waals surface area contributed by atoms with Crippen LogP contribution in [0.5, 0.6) is 0 Å². The molecule has 0 radical (unpaired) electrons. The Morgan fingerprint density at radius 3 is 2.74 bits per heavy atom. The van der Waals surface area contributed by atoms with Crippen molar-refractivity contribution in [1.82, 2.24) is 10.6 Å². The van der Waals surface area contributed by atoms with Gasteiger partial charge in [0.2, 0.25) is 0 Å². The molecule has 0 spiro atoms. The molecule has 2 amide bonds. The van der Waals surface area contributed by atoms with Crippen LogP contribution in [0.3, 0.4) is 0 Å². The highest BCUT2D eigenvalue weighted by Gasteiger charge is 2.18. The summed E-state index contributed by atoms with van der Waals surface area (Å²) in [6, 6.07) is -0.607.